The van der Waals surface area contributed by atoms with E-state index in [2.05, 4.69) is 22.0 Å². The third-order valence-corrected chi connectivity index (χ3v) is 5.90. The van der Waals surface area contributed by atoms with Crippen molar-refractivity contribution in [3.63, 3.8) is 0 Å². The fourth-order valence-corrected chi connectivity index (χ4v) is 4.30. The van der Waals surface area contributed by atoms with Gasteiger partial charge in [0.25, 0.3) is 0 Å². The fourth-order valence-electron chi connectivity index (χ4n) is 3.50. The minimum Gasteiger partial charge on any atom is -0.383 e. The molecule has 2 fully saturated rings. The maximum absolute atomic E-state index is 12.9. The first-order chi connectivity index (χ1) is 10.7. The van der Waals surface area contributed by atoms with E-state index in [1.165, 1.54) is 0 Å². The molecule has 2 saturated heterocycles. The van der Waals surface area contributed by atoms with Gasteiger partial charge < -0.3 is 14.5 Å². The number of aryl methyl sites for hydroxylation is 1. The van der Waals surface area contributed by atoms with Crippen molar-refractivity contribution in [1.29, 1.82) is 0 Å². The van der Waals surface area contributed by atoms with Crippen molar-refractivity contribution in [3.05, 3.63) is 5.01 Å². The van der Waals surface area contributed by atoms with Gasteiger partial charge in [-0.25, -0.2) is 0 Å². The monoisotopic (exact) mass is 324 g/mol. The quantitative estimate of drug-likeness (QED) is 0.823. The molecule has 3 heterocycles. The first-order valence-corrected chi connectivity index (χ1v) is 8.86. The predicted molar refractivity (Wildman–Crippen MR) is 86.2 cm³/mol. The number of carbonyl (C=O) groups is 1. The van der Waals surface area contributed by atoms with Crippen LogP contribution in [0, 0.1) is 5.41 Å². The van der Waals surface area contributed by atoms with Gasteiger partial charge in [0.15, 0.2) is 0 Å². The SMILES string of the molecule is CCc1nnc(N2CC[C@]3(CCCN(CCOC)C3=O)C2)s1. The molecule has 0 aliphatic carbocycles. The molecule has 1 atom stereocenters. The lowest BCUT2D eigenvalue weighted by molar-refractivity contribution is -0.145. The summed E-state index contributed by atoms with van der Waals surface area (Å²) in [7, 11) is 1.68. The van der Waals surface area contributed by atoms with E-state index in [1.54, 1.807) is 18.4 Å². The van der Waals surface area contributed by atoms with Crippen LogP contribution in [-0.2, 0) is 16.0 Å². The van der Waals surface area contributed by atoms with E-state index >= 15 is 0 Å². The van der Waals surface area contributed by atoms with E-state index in [0.717, 1.165) is 55.5 Å². The molecular formula is C15H24N4O2S. The van der Waals surface area contributed by atoms with Crippen molar-refractivity contribution in [3.8, 4) is 0 Å². The lowest BCUT2D eigenvalue weighted by Gasteiger charge is -2.39. The highest BCUT2D eigenvalue weighted by molar-refractivity contribution is 7.15. The zero-order valence-corrected chi connectivity index (χ0v) is 14.2. The Bertz CT molecular complexity index is 535. The summed E-state index contributed by atoms with van der Waals surface area (Å²) in [5, 5.41) is 10.5. The average Bonchev–Trinajstić information content (AvgIpc) is 3.16. The number of amides is 1. The minimum absolute atomic E-state index is 0.218. The molecule has 1 amide bonds. The van der Waals surface area contributed by atoms with E-state index in [1.807, 2.05) is 4.90 Å². The number of methoxy groups -OCH3 is 1. The van der Waals surface area contributed by atoms with Gasteiger partial charge in [0.1, 0.15) is 5.01 Å². The summed E-state index contributed by atoms with van der Waals surface area (Å²) in [6.45, 7) is 5.96. The topological polar surface area (TPSA) is 58.6 Å². The maximum atomic E-state index is 12.9. The molecule has 3 rings (SSSR count). The van der Waals surface area contributed by atoms with E-state index in [-0.39, 0.29) is 5.41 Å². The van der Waals surface area contributed by atoms with E-state index in [0.29, 0.717) is 19.1 Å². The number of likely N-dealkylation sites (tertiary alicyclic amines) is 1. The summed E-state index contributed by atoms with van der Waals surface area (Å²) in [5.41, 5.74) is -0.218. The second-order valence-corrected chi connectivity index (χ2v) is 7.21. The van der Waals surface area contributed by atoms with Crippen LogP contribution in [0.1, 0.15) is 31.2 Å². The lowest BCUT2D eigenvalue weighted by atomic mass is 9.78. The molecule has 0 N–H and O–H groups in total. The Labute approximate surface area is 135 Å². The van der Waals surface area contributed by atoms with E-state index in [9.17, 15) is 4.79 Å². The second kappa shape index (κ2) is 6.50. The van der Waals surface area contributed by atoms with Crippen molar-refractivity contribution in [2.24, 2.45) is 5.41 Å². The number of anilines is 1. The Balaban J connectivity index is 1.70. The average molecular weight is 324 g/mol. The Morgan fingerprint density at radius 1 is 1.32 bits per heavy atom. The molecule has 2 aliphatic heterocycles. The summed E-state index contributed by atoms with van der Waals surface area (Å²) in [6, 6.07) is 0. The molecule has 7 heteroatoms. The maximum Gasteiger partial charge on any atom is 0.230 e. The van der Waals surface area contributed by atoms with Crippen LogP contribution >= 0.6 is 11.3 Å². The van der Waals surface area contributed by atoms with Gasteiger partial charge in [0, 0.05) is 33.3 Å². The highest BCUT2D eigenvalue weighted by Crippen LogP contribution is 2.42. The van der Waals surface area contributed by atoms with Crippen LogP contribution in [0.4, 0.5) is 5.13 Å². The van der Waals surface area contributed by atoms with Crippen molar-refractivity contribution < 1.29 is 9.53 Å². The fraction of sp³-hybridized carbons (Fsp3) is 0.800. The van der Waals surface area contributed by atoms with Crippen LogP contribution in [0.5, 0.6) is 0 Å². The zero-order valence-electron chi connectivity index (χ0n) is 13.4. The first-order valence-electron chi connectivity index (χ1n) is 8.04. The normalized spacial score (nSPS) is 25.5. The minimum atomic E-state index is -0.218. The Hall–Kier alpha value is -1.21. The molecule has 122 valence electrons. The second-order valence-electron chi connectivity index (χ2n) is 6.17. The number of aromatic nitrogens is 2. The molecule has 6 nitrogen and oxygen atoms in total. The molecule has 0 bridgehead atoms. The standard InChI is InChI=1S/C15H24N4O2S/c1-3-12-16-17-14(22-12)19-8-6-15(11-19)5-4-7-18(13(15)20)9-10-21-2/h3-11H2,1-2H3/t15-/m1/s1. The Morgan fingerprint density at radius 2 is 2.18 bits per heavy atom. The summed E-state index contributed by atoms with van der Waals surface area (Å²) < 4.78 is 5.13. The molecule has 22 heavy (non-hydrogen) atoms. The highest BCUT2D eigenvalue weighted by Gasteiger charge is 2.48. The van der Waals surface area contributed by atoms with Crippen molar-refractivity contribution in [1.82, 2.24) is 15.1 Å². The molecule has 1 spiro atoms. The largest absolute Gasteiger partial charge is 0.383 e. The molecule has 1 aromatic rings. The van der Waals surface area contributed by atoms with Gasteiger partial charge in [-0.2, -0.15) is 0 Å². The first kappa shape index (κ1) is 15.7. The number of ether oxygens (including phenoxy) is 1. The van der Waals surface area contributed by atoms with Gasteiger partial charge >= 0.3 is 0 Å². The van der Waals surface area contributed by atoms with Crippen LogP contribution in [-0.4, -0.2) is 60.9 Å². The molecule has 0 radical (unpaired) electrons. The van der Waals surface area contributed by atoms with Gasteiger partial charge in [0.05, 0.1) is 12.0 Å². The number of carbonyl (C=O) groups excluding carboxylic acids is 1. The van der Waals surface area contributed by atoms with Crippen LogP contribution in [0.15, 0.2) is 0 Å². The lowest BCUT2D eigenvalue weighted by Crippen LogP contribution is -2.50. The predicted octanol–water partition coefficient (Wildman–Crippen LogP) is 1.57. The van der Waals surface area contributed by atoms with Gasteiger partial charge in [0.2, 0.25) is 11.0 Å². The van der Waals surface area contributed by atoms with Gasteiger partial charge in [-0.15, -0.1) is 10.2 Å². The van der Waals surface area contributed by atoms with Gasteiger partial charge in [-0.3, -0.25) is 4.79 Å². The van der Waals surface area contributed by atoms with Gasteiger partial charge in [-0.05, 0) is 25.7 Å². The Morgan fingerprint density at radius 3 is 2.91 bits per heavy atom. The number of rotatable bonds is 5. The third kappa shape index (κ3) is 2.84. The molecule has 1 aromatic heterocycles. The number of nitrogens with zero attached hydrogens (tertiary/aromatic N) is 4. The summed E-state index contributed by atoms with van der Waals surface area (Å²) in [4.78, 5) is 17.1. The third-order valence-electron chi connectivity index (χ3n) is 4.77. The molecule has 0 unspecified atom stereocenters. The van der Waals surface area contributed by atoms with Crippen molar-refractivity contribution in [2.45, 2.75) is 32.6 Å². The van der Waals surface area contributed by atoms with Crippen LogP contribution in [0.3, 0.4) is 0 Å². The van der Waals surface area contributed by atoms with E-state index < -0.39 is 0 Å². The summed E-state index contributed by atoms with van der Waals surface area (Å²) in [5.74, 6) is 0.304. The summed E-state index contributed by atoms with van der Waals surface area (Å²) >= 11 is 1.65. The number of hydrogen-bond donors (Lipinski definition) is 0. The molecule has 0 aromatic carbocycles. The van der Waals surface area contributed by atoms with Crippen molar-refractivity contribution >= 4 is 22.4 Å². The number of piperidine rings is 1. The van der Waals surface area contributed by atoms with Gasteiger partial charge in [-0.1, -0.05) is 18.3 Å². The van der Waals surface area contributed by atoms with Crippen LogP contribution in [0.2, 0.25) is 0 Å². The van der Waals surface area contributed by atoms with Crippen molar-refractivity contribution in [2.75, 3.05) is 44.8 Å². The number of hydrogen-bond acceptors (Lipinski definition) is 6. The highest BCUT2D eigenvalue weighted by atomic mass is 32.1. The van der Waals surface area contributed by atoms with E-state index in [4.69, 9.17) is 4.74 Å². The Kier molecular flexibility index (Phi) is 4.63. The zero-order chi connectivity index (χ0) is 15.6. The molecule has 0 saturated carbocycles. The van der Waals surface area contributed by atoms with Crippen LogP contribution < -0.4 is 4.90 Å². The summed E-state index contributed by atoms with van der Waals surface area (Å²) in [6.07, 6.45) is 3.92. The molecule has 2 aliphatic rings. The molecular weight excluding hydrogens is 300 g/mol. The van der Waals surface area contributed by atoms with Crippen LogP contribution in [0.25, 0.3) is 0 Å². The smallest absolute Gasteiger partial charge is 0.230 e.